The summed E-state index contributed by atoms with van der Waals surface area (Å²) in [5.74, 6) is -4.03. The van der Waals surface area contributed by atoms with Crippen molar-refractivity contribution >= 4 is 16.7 Å². The molecule has 30 heavy (non-hydrogen) atoms. The van der Waals surface area contributed by atoms with Crippen LogP contribution in [0, 0.1) is 6.57 Å². The molecule has 9 heteroatoms. The van der Waals surface area contributed by atoms with Gasteiger partial charge in [-0.1, -0.05) is 24.8 Å². The first-order chi connectivity index (χ1) is 14.4. The van der Waals surface area contributed by atoms with Gasteiger partial charge in [-0.15, -0.1) is 4.98 Å². The molecule has 150 valence electrons. The fraction of sp³-hybridized carbons (Fsp3) is 0.143. The fourth-order valence-corrected chi connectivity index (χ4v) is 3.05. The largest absolute Gasteiger partial charge is 0.361 e. The smallest absolute Gasteiger partial charge is 0.326 e. The van der Waals surface area contributed by atoms with Crippen LogP contribution in [-0.4, -0.2) is 32.1 Å². The highest BCUT2D eigenvalue weighted by atomic mass is 19.3. The molecule has 0 atom stereocenters. The highest BCUT2D eigenvalue weighted by Gasteiger charge is 2.41. The van der Waals surface area contributed by atoms with E-state index in [1.54, 1.807) is 12.3 Å². The summed E-state index contributed by atoms with van der Waals surface area (Å²) in [5, 5.41) is 4.71. The molecule has 0 aliphatic heterocycles. The Morgan fingerprint density at radius 2 is 1.93 bits per heavy atom. The van der Waals surface area contributed by atoms with Gasteiger partial charge in [0.2, 0.25) is 0 Å². The van der Waals surface area contributed by atoms with E-state index in [2.05, 4.69) is 19.9 Å². The molecule has 0 saturated carbocycles. The Balaban J connectivity index is 1.79. The van der Waals surface area contributed by atoms with Crippen LogP contribution in [0.4, 0.5) is 23.4 Å². The van der Waals surface area contributed by atoms with Gasteiger partial charge in [0, 0.05) is 34.5 Å². The van der Waals surface area contributed by atoms with Crippen molar-refractivity contribution in [3.8, 4) is 22.4 Å². The summed E-state index contributed by atoms with van der Waals surface area (Å²) in [4.78, 5) is 12.0. The molecule has 5 nitrogen and oxygen atoms in total. The normalized spacial score (nSPS) is 11.7. The van der Waals surface area contributed by atoms with Gasteiger partial charge in [0.15, 0.2) is 5.69 Å². The molecule has 0 saturated heterocycles. The summed E-state index contributed by atoms with van der Waals surface area (Å²) in [6.45, 7) is 5.99. The third-order valence-electron chi connectivity index (χ3n) is 4.51. The van der Waals surface area contributed by atoms with Crippen molar-refractivity contribution in [1.29, 1.82) is 0 Å². The summed E-state index contributed by atoms with van der Waals surface area (Å²) in [5.41, 5.74) is 2.79. The quantitative estimate of drug-likeness (QED) is 0.317. The Morgan fingerprint density at radius 1 is 1.10 bits per heavy atom. The molecule has 0 amide bonds. The zero-order valence-electron chi connectivity index (χ0n) is 15.3. The van der Waals surface area contributed by atoms with Crippen LogP contribution in [0.15, 0.2) is 61.1 Å². The first-order valence-electron chi connectivity index (χ1n) is 8.80. The summed E-state index contributed by atoms with van der Waals surface area (Å²) in [7, 11) is 0. The molecule has 0 N–H and O–H groups in total. The Bertz CT molecular complexity index is 1260. The van der Waals surface area contributed by atoms with Crippen LogP contribution in [0.1, 0.15) is 0 Å². The lowest BCUT2D eigenvalue weighted by molar-refractivity contribution is -0.139. The maximum atomic E-state index is 13.4. The molecule has 0 radical (unpaired) electrons. The van der Waals surface area contributed by atoms with Gasteiger partial charge in [0.25, 0.3) is 5.82 Å². The number of hydrogen-bond acceptors (Lipinski definition) is 3. The minimum atomic E-state index is -4.19. The van der Waals surface area contributed by atoms with E-state index in [9.17, 15) is 17.6 Å². The Hall–Kier alpha value is -3.80. The van der Waals surface area contributed by atoms with Crippen LogP contribution in [-0.2, 0) is 6.54 Å². The molecule has 0 spiro atoms. The van der Waals surface area contributed by atoms with Gasteiger partial charge >= 0.3 is 12.3 Å². The monoisotopic (exact) mass is 411 g/mol. The van der Waals surface area contributed by atoms with E-state index in [0.717, 1.165) is 15.6 Å². The highest BCUT2D eigenvalue weighted by molar-refractivity contribution is 5.88. The minimum absolute atomic E-state index is 0.159. The van der Waals surface area contributed by atoms with Crippen molar-refractivity contribution in [2.24, 2.45) is 0 Å². The van der Waals surface area contributed by atoms with Crippen molar-refractivity contribution in [3.63, 3.8) is 0 Å². The fourth-order valence-electron chi connectivity index (χ4n) is 3.05. The number of halogens is 4. The topological polar surface area (TPSA) is 48.0 Å². The molecule has 0 aliphatic rings. The third kappa shape index (κ3) is 3.72. The average molecular weight is 411 g/mol. The molecule has 3 aromatic heterocycles. The molecule has 4 aromatic rings. The number of alkyl halides is 4. The van der Waals surface area contributed by atoms with E-state index in [1.807, 2.05) is 30.3 Å². The standard InChI is InChI=1S/C21H13F4N5/c1-26-18-7-6-16(15-10-28-30(11-15)12-21(24,25)20(22)23)19(29-18)14-5-4-13-3-2-8-27-17(13)9-14/h2-11,20H,12H2. The number of nitrogens with zero attached hydrogens (tertiary/aromatic N) is 5. The number of fused-ring (bicyclic) bond motifs is 1. The van der Waals surface area contributed by atoms with Crippen LogP contribution >= 0.6 is 0 Å². The van der Waals surface area contributed by atoms with Crippen molar-refractivity contribution in [2.45, 2.75) is 18.9 Å². The van der Waals surface area contributed by atoms with Gasteiger partial charge in [-0.3, -0.25) is 9.67 Å². The van der Waals surface area contributed by atoms with Gasteiger partial charge in [-0.2, -0.15) is 13.9 Å². The van der Waals surface area contributed by atoms with Crippen molar-refractivity contribution in [2.75, 3.05) is 0 Å². The van der Waals surface area contributed by atoms with Gasteiger partial charge in [-0.25, -0.2) is 8.78 Å². The molecular formula is C21H13F4N5. The van der Waals surface area contributed by atoms with E-state index in [-0.39, 0.29) is 5.82 Å². The molecule has 0 fully saturated rings. The van der Waals surface area contributed by atoms with Crippen LogP contribution in [0.25, 0.3) is 38.1 Å². The van der Waals surface area contributed by atoms with Crippen LogP contribution < -0.4 is 0 Å². The number of benzene rings is 1. The molecule has 0 unspecified atom stereocenters. The molecule has 0 bridgehead atoms. The number of rotatable bonds is 5. The maximum absolute atomic E-state index is 13.4. The number of aromatic nitrogens is 4. The van der Waals surface area contributed by atoms with Crippen molar-refractivity contribution in [1.82, 2.24) is 19.7 Å². The lowest BCUT2D eigenvalue weighted by atomic mass is 10.0. The van der Waals surface area contributed by atoms with E-state index in [0.29, 0.717) is 22.4 Å². The Morgan fingerprint density at radius 3 is 2.70 bits per heavy atom. The zero-order chi connectivity index (χ0) is 21.3. The summed E-state index contributed by atoms with van der Waals surface area (Å²) in [6, 6.07) is 12.3. The second-order valence-corrected chi connectivity index (χ2v) is 6.58. The van der Waals surface area contributed by atoms with Crippen LogP contribution in [0.3, 0.4) is 0 Å². The summed E-state index contributed by atoms with van der Waals surface area (Å²) in [6.07, 6.45) is 0.431. The Labute approximate surface area is 168 Å². The Kier molecular flexibility index (Phi) is 4.91. The number of pyridine rings is 2. The van der Waals surface area contributed by atoms with Gasteiger partial charge in [-0.05, 0) is 24.3 Å². The lowest BCUT2D eigenvalue weighted by Crippen LogP contribution is -2.32. The number of hydrogen-bond donors (Lipinski definition) is 0. The first-order valence-corrected chi connectivity index (χ1v) is 8.80. The van der Waals surface area contributed by atoms with E-state index in [4.69, 9.17) is 6.57 Å². The van der Waals surface area contributed by atoms with Gasteiger partial charge < -0.3 is 4.85 Å². The van der Waals surface area contributed by atoms with Gasteiger partial charge in [0.05, 0.1) is 11.7 Å². The zero-order valence-corrected chi connectivity index (χ0v) is 15.3. The lowest BCUT2D eigenvalue weighted by Gasteiger charge is -2.14. The van der Waals surface area contributed by atoms with Gasteiger partial charge in [0.1, 0.15) is 6.54 Å². The van der Waals surface area contributed by atoms with E-state index < -0.39 is 18.9 Å². The average Bonchev–Trinajstić information content (AvgIpc) is 3.20. The second kappa shape index (κ2) is 7.55. The van der Waals surface area contributed by atoms with E-state index in [1.165, 1.54) is 18.5 Å². The second-order valence-electron chi connectivity index (χ2n) is 6.58. The predicted octanol–water partition coefficient (Wildman–Crippen LogP) is 5.61. The van der Waals surface area contributed by atoms with Crippen molar-refractivity contribution < 1.29 is 17.6 Å². The highest BCUT2D eigenvalue weighted by Crippen LogP contribution is 2.34. The first kappa shape index (κ1) is 19.5. The molecule has 3 heterocycles. The summed E-state index contributed by atoms with van der Waals surface area (Å²) >= 11 is 0. The molecule has 1 aromatic carbocycles. The molecule has 4 rings (SSSR count). The predicted molar refractivity (Wildman–Crippen MR) is 103 cm³/mol. The summed E-state index contributed by atoms with van der Waals surface area (Å²) < 4.78 is 52.5. The SMILES string of the molecule is [C-]#[N+]c1ccc(-c2cnn(CC(F)(F)C(F)F)c2)c(-c2ccc3cccnc3c2)n1. The minimum Gasteiger partial charge on any atom is -0.361 e. The van der Waals surface area contributed by atoms with Crippen molar-refractivity contribution in [3.05, 3.63) is 72.5 Å². The third-order valence-corrected chi connectivity index (χ3v) is 4.51. The maximum Gasteiger partial charge on any atom is 0.326 e. The molecular weight excluding hydrogens is 398 g/mol. The molecule has 0 aliphatic carbocycles. The van der Waals surface area contributed by atoms with Crippen LogP contribution in [0.5, 0.6) is 0 Å². The van der Waals surface area contributed by atoms with Crippen LogP contribution in [0.2, 0.25) is 0 Å². The van der Waals surface area contributed by atoms with E-state index >= 15 is 0 Å².